The normalized spacial score (nSPS) is 17.5. The van der Waals surface area contributed by atoms with Gasteiger partial charge in [-0.1, -0.05) is 50.0 Å². The molecule has 180 valence electrons. The summed E-state index contributed by atoms with van der Waals surface area (Å²) in [5.74, 6) is -0.355. The minimum absolute atomic E-state index is 0.0913. The topological polar surface area (TPSA) is 32.8 Å². The molecule has 1 saturated heterocycles. The molecule has 0 aromatic heterocycles. The molecule has 0 bridgehead atoms. The van der Waals surface area contributed by atoms with Crippen molar-refractivity contribution < 1.29 is 18.3 Å². The van der Waals surface area contributed by atoms with E-state index in [9.17, 15) is 13.6 Å². The van der Waals surface area contributed by atoms with E-state index < -0.39 is 6.67 Å². The van der Waals surface area contributed by atoms with Crippen molar-refractivity contribution in [2.24, 2.45) is 0 Å². The van der Waals surface area contributed by atoms with Crippen LogP contribution in [0.5, 0.6) is 0 Å². The molecule has 2 aliphatic heterocycles. The van der Waals surface area contributed by atoms with Crippen LogP contribution in [0, 0.1) is 0 Å². The van der Waals surface area contributed by atoms with Gasteiger partial charge in [0.2, 0.25) is 0 Å². The summed E-state index contributed by atoms with van der Waals surface area (Å²) in [7, 11) is 0. The number of carbonyl (C=O) groups is 1. The number of hydrogen-bond acceptors (Lipinski definition) is 4. The van der Waals surface area contributed by atoms with Crippen molar-refractivity contribution in [3.8, 4) is 0 Å². The Hall–Kier alpha value is -1.28. The van der Waals surface area contributed by atoms with Crippen molar-refractivity contribution in [1.82, 2.24) is 4.31 Å². The molecule has 1 aromatic carbocycles. The van der Waals surface area contributed by atoms with Gasteiger partial charge in [-0.15, -0.1) is 0 Å². The summed E-state index contributed by atoms with van der Waals surface area (Å²) in [5.41, 5.74) is 2.72. The zero-order chi connectivity index (χ0) is 24.1. The molecule has 0 unspecified atom stereocenters. The van der Waals surface area contributed by atoms with Crippen LogP contribution in [0.1, 0.15) is 52.5 Å². The number of halogens is 4. The fraction of sp³-hybridized carbons (Fsp3) is 0.522. The fourth-order valence-electron chi connectivity index (χ4n) is 3.26. The summed E-state index contributed by atoms with van der Waals surface area (Å²) in [6.45, 7) is 8.75. The van der Waals surface area contributed by atoms with Gasteiger partial charge in [0.15, 0.2) is 0 Å². The first-order valence-corrected chi connectivity index (χ1v) is 12.3. The molecule has 2 aliphatic rings. The summed E-state index contributed by atoms with van der Waals surface area (Å²) in [6, 6.07) is 5.64. The number of anilines is 1. The Balaban J connectivity index is 0.000000646. The largest absolute Gasteiger partial charge is 0.444 e. The number of allylic oxidation sites excluding steroid dienone is 3. The second-order valence-corrected chi connectivity index (χ2v) is 8.74. The third kappa shape index (κ3) is 8.93. The lowest BCUT2D eigenvalue weighted by Gasteiger charge is -2.39. The van der Waals surface area contributed by atoms with Gasteiger partial charge in [-0.3, -0.25) is 4.90 Å². The molecule has 0 atom stereocenters. The first-order chi connectivity index (χ1) is 15.4. The molecule has 0 radical (unpaired) electrons. The summed E-state index contributed by atoms with van der Waals surface area (Å²) < 4.78 is 31.7. The second-order valence-electron chi connectivity index (χ2n) is 6.86. The van der Waals surface area contributed by atoms with Crippen LogP contribution in [0.15, 0.2) is 40.5 Å². The van der Waals surface area contributed by atoms with Crippen LogP contribution in [0.3, 0.4) is 0 Å². The number of ether oxygens (including phenoxy) is 1. The van der Waals surface area contributed by atoms with Crippen LogP contribution in [0.2, 0.25) is 5.02 Å². The molecule has 0 spiro atoms. The predicted molar refractivity (Wildman–Crippen MR) is 133 cm³/mol. The minimum Gasteiger partial charge on any atom is -0.444 e. The number of rotatable bonds is 5. The lowest BCUT2D eigenvalue weighted by atomic mass is 10.0. The van der Waals surface area contributed by atoms with Gasteiger partial charge in [-0.05, 0) is 56.3 Å². The van der Waals surface area contributed by atoms with Crippen molar-refractivity contribution in [1.29, 1.82) is 0 Å². The van der Waals surface area contributed by atoms with Gasteiger partial charge in [-0.2, -0.15) is 0 Å². The highest BCUT2D eigenvalue weighted by molar-refractivity contribution is 8.00. The molecular formula is C23H32Cl2F2N2O2S. The average Bonchev–Trinajstić information content (AvgIpc) is 2.81. The molecule has 0 N–H and O–H groups in total. The van der Waals surface area contributed by atoms with Gasteiger partial charge in [0.25, 0.3) is 0 Å². The third-order valence-electron chi connectivity index (χ3n) is 4.60. The van der Waals surface area contributed by atoms with E-state index in [0.717, 1.165) is 54.0 Å². The molecule has 4 nitrogen and oxygen atoms in total. The summed E-state index contributed by atoms with van der Waals surface area (Å²) in [6.07, 6.45) is 4.13. The minimum atomic E-state index is -0.426. The van der Waals surface area contributed by atoms with Crippen molar-refractivity contribution in [2.45, 2.75) is 59.6 Å². The van der Waals surface area contributed by atoms with Gasteiger partial charge in [0, 0.05) is 40.2 Å². The SMILES string of the molecule is C/C(F)=C/Cl.CC.CC/C=C(\CF)SN1CCC(N2C(=O)OCc3cc(Cl)ccc32)CC1. The standard InChI is InChI=1S/C18H22ClFN2O2S.C3H4ClF.C2H6/c1-2-3-16(11-20)25-21-8-6-15(7-9-21)22-17-5-4-14(19)10-13(17)12-24-18(22)23;1-3(5)2-4;1-2/h3-5,10,15H,2,6-9,11-12H2,1H3;2H,1H3;1-2H3/b16-3+;3-2-;. The monoisotopic (exact) mass is 508 g/mol. The van der Waals surface area contributed by atoms with Crippen LogP contribution in [-0.2, 0) is 11.3 Å². The Kier molecular flexibility index (Phi) is 14.0. The fourth-order valence-corrected chi connectivity index (χ4v) is 4.47. The maximum Gasteiger partial charge on any atom is 0.414 e. The van der Waals surface area contributed by atoms with Gasteiger partial charge >= 0.3 is 6.09 Å². The Bertz CT molecular complexity index is 781. The Morgan fingerprint density at radius 2 is 1.94 bits per heavy atom. The van der Waals surface area contributed by atoms with Crippen LogP contribution in [0.4, 0.5) is 19.3 Å². The average molecular weight is 509 g/mol. The van der Waals surface area contributed by atoms with E-state index in [1.54, 1.807) is 11.0 Å². The van der Waals surface area contributed by atoms with E-state index >= 15 is 0 Å². The molecule has 0 saturated carbocycles. The van der Waals surface area contributed by atoms with Crippen LogP contribution in [-0.4, -0.2) is 36.2 Å². The van der Waals surface area contributed by atoms with Gasteiger partial charge in [0.05, 0.1) is 5.69 Å². The van der Waals surface area contributed by atoms with Crippen LogP contribution < -0.4 is 4.90 Å². The van der Waals surface area contributed by atoms with E-state index in [0.29, 0.717) is 5.02 Å². The Morgan fingerprint density at radius 3 is 2.47 bits per heavy atom. The lowest BCUT2D eigenvalue weighted by molar-refractivity contribution is 0.136. The van der Waals surface area contributed by atoms with Crippen molar-refractivity contribution in [3.63, 3.8) is 0 Å². The molecule has 3 rings (SSSR count). The highest BCUT2D eigenvalue weighted by Crippen LogP contribution is 2.35. The Labute approximate surface area is 204 Å². The first kappa shape index (κ1) is 28.8. The quantitative estimate of drug-likeness (QED) is 0.374. The number of piperidine rings is 1. The molecule has 1 aromatic rings. The van der Waals surface area contributed by atoms with E-state index in [1.807, 2.05) is 39.0 Å². The van der Waals surface area contributed by atoms with Gasteiger partial charge < -0.3 is 4.74 Å². The lowest BCUT2D eigenvalue weighted by Crippen LogP contribution is -2.48. The number of benzene rings is 1. The van der Waals surface area contributed by atoms with E-state index in [4.69, 9.17) is 27.9 Å². The molecule has 1 amide bonds. The molecule has 32 heavy (non-hydrogen) atoms. The number of alkyl halides is 1. The number of nitrogens with zero attached hydrogens (tertiary/aromatic N) is 2. The first-order valence-electron chi connectivity index (χ1n) is 10.7. The maximum atomic E-state index is 13.0. The van der Waals surface area contributed by atoms with Crippen molar-refractivity contribution in [3.05, 3.63) is 51.1 Å². The molecule has 9 heteroatoms. The highest BCUT2D eigenvalue weighted by Gasteiger charge is 2.34. The molecular weight excluding hydrogens is 477 g/mol. The van der Waals surface area contributed by atoms with Crippen LogP contribution in [0.25, 0.3) is 0 Å². The maximum absolute atomic E-state index is 13.0. The van der Waals surface area contributed by atoms with Crippen LogP contribution >= 0.6 is 35.1 Å². The molecule has 1 fully saturated rings. The second kappa shape index (κ2) is 15.5. The number of carbonyl (C=O) groups excluding carboxylic acids is 1. The zero-order valence-electron chi connectivity index (χ0n) is 19.0. The van der Waals surface area contributed by atoms with Crippen molar-refractivity contribution >= 4 is 46.9 Å². The highest BCUT2D eigenvalue weighted by atomic mass is 35.5. The smallest absolute Gasteiger partial charge is 0.414 e. The van der Waals surface area contributed by atoms with Crippen molar-refractivity contribution in [2.75, 3.05) is 24.7 Å². The molecule has 0 aliphatic carbocycles. The Morgan fingerprint density at radius 1 is 1.31 bits per heavy atom. The number of cyclic esters (lactones) is 1. The number of amides is 1. The van der Waals surface area contributed by atoms with Gasteiger partial charge in [0.1, 0.15) is 19.1 Å². The van der Waals surface area contributed by atoms with E-state index in [1.165, 1.54) is 18.9 Å². The summed E-state index contributed by atoms with van der Waals surface area (Å²) in [5, 5.41) is 0.643. The summed E-state index contributed by atoms with van der Waals surface area (Å²) in [4.78, 5) is 14.8. The zero-order valence-corrected chi connectivity index (χ0v) is 21.4. The summed E-state index contributed by atoms with van der Waals surface area (Å²) >= 11 is 12.3. The van der Waals surface area contributed by atoms with E-state index in [-0.39, 0.29) is 24.6 Å². The van der Waals surface area contributed by atoms with Gasteiger partial charge in [-0.25, -0.2) is 17.9 Å². The predicted octanol–water partition coefficient (Wildman–Crippen LogP) is 8.25. The molecule has 2 heterocycles. The van der Waals surface area contributed by atoms with E-state index in [2.05, 4.69) is 4.31 Å². The number of hydrogen-bond donors (Lipinski definition) is 0. The number of fused-ring (bicyclic) bond motifs is 1. The third-order valence-corrected chi connectivity index (χ3v) is 6.27.